The second kappa shape index (κ2) is 6.47. The van der Waals surface area contributed by atoms with Crippen LogP contribution >= 0.6 is 0 Å². The van der Waals surface area contributed by atoms with Crippen molar-refractivity contribution < 1.29 is 13.2 Å². The number of rotatable bonds is 5. The van der Waals surface area contributed by atoms with E-state index in [9.17, 15) is 8.42 Å². The van der Waals surface area contributed by atoms with Crippen LogP contribution in [0.25, 0.3) is 11.3 Å². The molecule has 0 saturated carbocycles. The van der Waals surface area contributed by atoms with Gasteiger partial charge in [0.1, 0.15) is 11.6 Å². The second-order valence-electron chi connectivity index (χ2n) is 6.69. The number of sulfone groups is 1. The lowest BCUT2D eigenvalue weighted by atomic mass is 10.1. The highest BCUT2D eigenvalue weighted by Crippen LogP contribution is 2.29. The molecule has 0 amide bonds. The second-order valence-corrected chi connectivity index (χ2v) is 8.91. The van der Waals surface area contributed by atoms with Gasteiger partial charge in [0.2, 0.25) is 0 Å². The molecule has 2 N–H and O–H groups in total. The quantitative estimate of drug-likeness (QED) is 0.896. The first-order valence-corrected chi connectivity index (χ1v) is 9.95. The molecule has 24 heavy (non-hydrogen) atoms. The molecule has 6 nitrogen and oxygen atoms in total. The predicted molar refractivity (Wildman–Crippen MR) is 94.7 cm³/mol. The number of nitrogens with zero attached hydrogens (tertiary/aromatic N) is 2. The fraction of sp³-hybridized carbons (Fsp3) is 0.471. The zero-order valence-corrected chi connectivity index (χ0v) is 14.8. The van der Waals surface area contributed by atoms with Crippen LogP contribution in [0.15, 0.2) is 30.3 Å². The lowest BCUT2D eigenvalue weighted by molar-refractivity contribution is 0.271. The molecule has 0 bridgehead atoms. The average molecular weight is 349 g/mol. The van der Waals surface area contributed by atoms with Gasteiger partial charge in [-0.25, -0.2) is 13.1 Å². The minimum Gasteiger partial charge on any atom is -0.493 e. The van der Waals surface area contributed by atoms with Gasteiger partial charge >= 0.3 is 0 Å². The van der Waals surface area contributed by atoms with E-state index in [2.05, 4.69) is 18.9 Å². The van der Waals surface area contributed by atoms with Gasteiger partial charge in [0, 0.05) is 11.6 Å². The molecule has 1 aromatic heterocycles. The fourth-order valence-electron chi connectivity index (χ4n) is 2.80. The van der Waals surface area contributed by atoms with Crippen LogP contribution in [0.2, 0.25) is 0 Å². The van der Waals surface area contributed by atoms with Crippen molar-refractivity contribution >= 4 is 15.7 Å². The summed E-state index contributed by atoms with van der Waals surface area (Å²) < 4.78 is 30.6. The highest BCUT2D eigenvalue weighted by molar-refractivity contribution is 7.91. The van der Waals surface area contributed by atoms with Gasteiger partial charge in [-0.3, -0.25) is 0 Å². The first kappa shape index (κ1) is 16.8. The minimum absolute atomic E-state index is 0.111. The molecule has 1 aliphatic rings. The molecule has 1 aliphatic heterocycles. The van der Waals surface area contributed by atoms with Gasteiger partial charge in [-0.1, -0.05) is 13.8 Å². The van der Waals surface area contributed by atoms with Gasteiger partial charge < -0.3 is 10.5 Å². The number of nitrogen functional groups attached to an aromatic ring is 1. The van der Waals surface area contributed by atoms with Crippen LogP contribution in [-0.2, 0) is 9.84 Å². The number of ether oxygens (including phenoxy) is 1. The van der Waals surface area contributed by atoms with Crippen molar-refractivity contribution in [2.75, 3.05) is 23.8 Å². The van der Waals surface area contributed by atoms with Crippen molar-refractivity contribution in [2.45, 2.75) is 26.3 Å². The van der Waals surface area contributed by atoms with E-state index in [-0.39, 0.29) is 17.5 Å². The fourth-order valence-corrected chi connectivity index (χ4v) is 4.49. The highest BCUT2D eigenvalue weighted by atomic mass is 32.2. The molecule has 0 unspecified atom stereocenters. The van der Waals surface area contributed by atoms with Crippen LogP contribution in [0.3, 0.4) is 0 Å². The number of aromatic nitrogens is 2. The summed E-state index contributed by atoms with van der Waals surface area (Å²) in [6.07, 6.45) is 0.565. The first-order valence-electron chi connectivity index (χ1n) is 8.13. The van der Waals surface area contributed by atoms with Crippen LogP contribution in [0, 0.1) is 5.92 Å². The smallest absolute Gasteiger partial charge is 0.152 e. The monoisotopic (exact) mass is 349 g/mol. The highest BCUT2D eigenvalue weighted by Gasteiger charge is 2.31. The Morgan fingerprint density at radius 3 is 2.62 bits per heavy atom. The molecule has 3 rings (SSSR count). The Kier molecular flexibility index (Phi) is 4.54. The van der Waals surface area contributed by atoms with E-state index in [1.54, 1.807) is 10.7 Å². The Balaban J connectivity index is 1.77. The van der Waals surface area contributed by atoms with E-state index in [0.717, 1.165) is 17.0 Å². The average Bonchev–Trinajstić information content (AvgIpc) is 3.08. The van der Waals surface area contributed by atoms with Crippen LogP contribution in [0.4, 0.5) is 5.82 Å². The zero-order chi connectivity index (χ0) is 17.3. The largest absolute Gasteiger partial charge is 0.493 e. The summed E-state index contributed by atoms with van der Waals surface area (Å²) >= 11 is 0. The van der Waals surface area contributed by atoms with E-state index < -0.39 is 9.84 Å². The molecule has 1 atom stereocenters. The maximum atomic E-state index is 11.7. The van der Waals surface area contributed by atoms with Crippen molar-refractivity contribution in [2.24, 2.45) is 5.92 Å². The molecular formula is C17H23N3O3S. The molecular weight excluding hydrogens is 326 g/mol. The van der Waals surface area contributed by atoms with Crippen molar-refractivity contribution in [1.29, 1.82) is 0 Å². The number of anilines is 1. The topological polar surface area (TPSA) is 87.2 Å². The molecule has 2 heterocycles. The molecule has 130 valence electrons. The molecule has 1 saturated heterocycles. The summed E-state index contributed by atoms with van der Waals surface area (Å²) in [5.74, 6) is 2.10. The molecule has 7 heteroatoms. The SMILES string of the molecule is CC(C)COc1ccc(-c2cc(N)n([C@H]3CCS(=O)(=O)C3)n2)cc1. The Morgan fingerprint density at radius 2 is 2.04 bits per heavy atom. The predicted octanol–water partition coefficient (Wildman–Crippen LogP) is 2.53. The first-order chi connectivity index (χ1) is 11.3. The summed E-state index contributed by atoms with van der Waals surface area (Å²) in [4.78, 5) is 0. The number of hydrogen-bond acceptors (Lipinski definition) is 5. The minimum atomic E-state index is -2.97. The van der Waals surface area contributed by atoms with Gasteiger partial charge in [0.15, 0.2) is 9.84 Å². The Morgan fingerprint density at radius 1 is 1.33 bits per heavy atom. The van der Waals surface area contributed by atoms with Gasteiger partial charge in [0.25, 0.3) is 0 Å². The third-order valence-electron chi connectivity index (χ3n) is 4.05. The van der Waals surface area contributed by atoms with Crippen molar-refractivity contribution in [3.05, 3.63) is 30.3 Å². The third-order valence-corrected chi connectivity index (χ3v) is 5.80. The Hall–Kier alpha value is -2.02. The van der Waals surface area contributed by atoms with Gasteiger partial charge in [-0.05, 0) is 36.6 Å². The lowest BCUT2D eigenvalue weighted by Crippen LogP contribution is -2.14. The van der Waals surface area contributed by atoms with Crippen molar-refractivity contribution in [3.8, 4) is 17.0 Å². The van der Waals surface area contributed by atoms with Gasteiger partial charge in [-0.2, -0.15) is 5.10 Å². The third kappa shape index (κ3) is 3.72. The van der Waals surface area contributed by atoms with Crippen molar-refractivity contribution in [3.63, 3.8) is 0 Å². The number of benzene rings is 1. The van der Waals surface area contributed by atoms with Crippen LogP contribution in [-0.4, -0.2) is 36.3 Å². The zero-order valence-electron chi connectivity index (χ0n) is 14.0. The molecule has 0 aliphatic carbocycles. The summed E-state index contributed by atoms with van der Waals surface area (Å²) in [5.41, 5.74) is 7.71. The van der Waals surface area contributed by atoms with E-state index >= 15 is 0 Å². The van der Waals surface area contributed by atoms with Gasteiger partial charge in [0.05, 0.1) is 29.8 Å². The summed E-state index contributed by atoms with van der Waals surface area (Å²) in [6.45, 7) is 4.89. The van der Waals surface area contributed by atoms with Crippen LogP contribution in [0.1, 0.15) is 26.3 Å². The number of nitrogens with two attached hydrogens (primary N) is 1. The molecule has 0 radical (unpaired) electrons. The summed E-state index contributed by atoms with van der Waals surface area (Å²) in [6, 6.07) is 9.31. The summed E-state index contributed by atoms with van der Waals surface area (Å²) in [5, 5.41) is 4.52. The maximum Gasteiger partial charge on any atom is 0.152 e. The Bertz CT molecular complexity index is 810. The van der Waals surface area contributed by atoms with E-state index in [4.69, 9.17) is 10.5 Å². The molecule has 0 spiro atoms. The molecule has 1 fully saturated rings. The van der Waals surface area contributed by atoms with E-state index in [1.807, 2.05) is 24.3 Å². The van der Waals surface area contributed by atoms with Gasteiger partial charge in [-0.15, -0.1) is 0 Å². The normalized spacial score (nSPS) is 19.7. The van der Waals surface area contributed by atoms with Crippen LogP contribution in [0.5, 0.6) is 5.75 Å². The molecule has 2 aromatic rings. The lowest BCUT2D eigenvalue weighted by Gasteiger charge is -2.10. The van der Waals surface area contributed by atoms with E-state index in [1.165, 1.54) is 0 Å². The molecule has 1 aromatic carbocycles. The van der Waals surface area contributed by atoms with Crippen LogP contribution < -0.4 is 10.5 Å². The Labute approximate surface area is 142 Å². The standard InChI is InChI=1S/C17H23N3O3S/c1-12(2)10-23-15-5-3-13(4-6-15)16-9-17(18)20(19-16)14-7-8-24(21,22)11-14/h3-6,9,12,14H,7-8,10-11,18H2,1-2H3/t14-/m0/s1. The number of hydrogen-bond donors (Lipinski definition) is 1. The summed E-state index contributed by atoms with van der Waals surface area (Å²) in [7, 11) is -2.97. The maximum absolute atomic E-state index is 11.7. The van der Waals surface area contributed by atoms with E-state index in [0.29, 0.717) is 24.8 Å². The van der Waals surface area contributed by atoms with Crippen molar-refractivity contribution in [1.82, 2.24) is 9.78 Å².